The van der Waals surface area contributed by atoms with Crippen molar-refractivity contribution in [3.63, 3.8) is 0 Å². The van der Waals surface area contributed by atoms with E-state index >= 15 is 0 Å². The summed E-state index contributed by atoms with van der Waals surface area (Å²) in [6.07, 6.45) is 1.51. The number of benzene rings is 2. The van der Waals surface area contributed by atoms with E-state index in [2.05, 4.69) is 36.1 Å². The number of tetrazole rings is 1. The number of allylic oxidation sites excluding steroid dienone is 1. The predicted molar refractivity (Wildman–Crippen MR) is 101 cm³/mol. The summed E-state index contributed by atoms with van der Waals surface area (Å²) < 4.78 is 5.41. The van der Waals surface area contributed by atoms with Gasteiger partial charge in [0, 0.05) is 23.0 Å². The standard InChI is InChI=1S/C19H14N8O/c1-12-5-7-13(8-6-12)17-22-19(28-25-17)14-3-2-4-16(9-14)21-11-15(10-20)18-23-26-27-24-18/h2-9,11,21H,1H3,(H,23,24,26,27). The molecule has 0 atom stereocenters. The van der Waals surface area contributed by atoms with E-state index in [-0.39, 0.29) is 11.4 Å². The van der Waals surface area contributed by atoms with E-state index in [4.69, 9.17) is 4.52 Å². The fourth-order valence-corrected chi connectivity index (χ4v) is 2.48. The number of hydrogen-bond acceptors (Lipinski definition) is 8. The molecule has 0 aliphatic heterocycles. The molecule has 4 rings (SSSR count). The molecule has 28 heavy (non-hydrogen) atoms. The van der Waals surface area contributed by atoms with Gasteiger partial charge < -0.3 is 9.84 Å². The maximum Gasteiger partial charge on any atom is 0.258 e. The highest BCUT2D eigenvalue weighted by Gasteiger charge is 2.11. The molecule has 0 unspecified atom stereocenters. The lowest BCUT2D eigenvalue weighted by molar-refractivity contribution is 0.432. The van der Waals surface area contributed by atoms with Crippen molar-refractivity contribution in [2.45, 2.75) is 6.92 Å². The van der Waals surface area contributed by atoms with Gasteiger partial charge >= 0.3 is 0 Å². The largest absolute Gasteiger partial charge is 0.360 e. The Bertz CT molecular complexity index is 1150. The molecule has 0 amide bonds. The third-order valence-electron chi connectivity index (χ3n) is 3.94. The molecule has 9 heteroatoms. The van der Waals surface area contributed by atoms with Gasteiger partial charge in [-0.3, -0.25) is 0 Å². The Kier molecular flexibility index (Phi) is 4.59. The average Bonchev–Trinajstić information content (AvgIpc) is 3.42. The number of rotatable bonds is 5. The number of nitriles is 1. The number of nitrogens with one attached hydrogen (secondary N) is 2. The SMILES string of the molecule is Cc1ccc(-c2noc(-c3cccc(NC=C(C#N)c4nn[nH]n4)c3)n2)cc1. The Balaban J connectivity index is 1.56. The Labute approximate surface area is 159 Å². The zero-order valence-corrected chi connectivity index (χ0v) is 14.8. The van der Waals surface area contributed by atoms with Gasteiger partial charge in [-0.15, -0.1) is 10.2 Å². The van der Waals surface area contributed by atoms with Crippen molar-refractivity contribution >= 4 is 11.3 Å². The van der Waals surface area contributed by atoms with Crippen LogP contribution >= 0.6 is 0 Å². The first kappa shape index (κ1) is 17.1. The molecular weight excluding hydrogens is 356 g/mol. The Morgan fingerprint density at radius 1 is 1.18 bits per heavy atom. The molecule has 136 valence electrons. The van der Waals surface area contributed by atoms with Crippen molar-refractivity contribution in [1.29, 1.82) is 5.26 Å². The van der Waals surface area contributed by atoms with Gasteiger partial charge in [0.25, 0.3) is 5.89 Å². The summed E-state index contributed by atoms with van der Waals surface area (Å²) in [5, 5.41) is 29.7. The monoisotopic (exact) mass is 370 g/mol. The van der Waals surface area contributed by atoms with Gasteiger partial charge in [0.15, 0.2) is 0 Å². The maximum atomic E-state index is 9.22. The first-order valence-electron chi connectivity index (χ1n) is 8.35. The van der Waals surface area contributed by atoms with Crippen LogP contribution in [-0.2, 0) is 0 Å². The Morgan fingerprint density at radius 3 is 2.79 bits per heavy atom. The van der Waals surface area contributed by atoms with Gasteiger partial charge in [-0.05, 0) is 30.3 Å². The van der Waals surface area contributed by atoms with Gasteiger partial charge in [-0.25, -0.2) is 0 Å². The first-order chi connectivity index (χ1) is 13.7. The van der Waals surface area contributed by atoms with Crippen LogP contribution in [0.25, 0.3) is 28.4 Å². The van der Waals surface area contributed by atoms with Crippen molar-refractivity contribution in [3.05, 3.63) is 66.1 Å². The fourth-order valence-electron chi connectivity index (χ4n) is 2.48. The predicted octanol–water partition coefficient (Wildman–Crippen LogP) is 3.20. The Morgan fingerprint density at radius 2 is 2.04 bits per heavy atom. The lowest BCUT2D eigenvalue weighted by Gasteiger charge is -2.02. The van der Waals surface area contributed by atoms with Crippen LogP contribution in [-0.4, -0.2) is 30.8 Å². The molecule has 0 aliphatic carbocycles. The molecule has 2 aromatic carbocycles. The highest BCUT2D eigenvalue weighted by atomic mass is 16.5. The highest BCUT2D eigenvalue weighted by Crippen LogP contribution is 2.24. The van der Waals surface area contributed by atoms with Gasteiger partial charge in [-0.2, -0.15) is 15.5 Å². The summed E-state index contributed by atoms with van der Waals surface area (Å²) in [5.74, 6) is 1.14. The zero-order chi connectivity index (χ0) is 19.3. The van der Waals surface area contributed by atoms with Gasteiger partial charge in [0.2, 0.25) is 11.6 Å². The van der Waals surface area contributed by atoms with E-state index in [1.165, 1.54) is 6.20 Å². The second kappa shape index (κ2) is 7.51. The number of aromatic amines is 1. The molecule has 2 N–H and O–H groups in total. The summed E-state index contributed by atoms with van der Waals surface area (Å²) in [4.78, 5) is 4.47. The smallest absolute Gasteiger partial charge is 0.258 e. The normalized spacial score (nSPS) is 11.2. The quantitative estimate of drug-likeness (QED) is 0.512. The molecule has 0 fully saturated rings. The third-order valence-corrected chi connectivity index (χ3v) is 3.94. The molecule has 2 heterocycles. The van der Waals surface area contributed by atoms with Crippen LogP contribution in [0.4, 0.5) is 5.69 Å². The topological polar surface area (TPSA) is 129 Å². The molecule has 0 radical (unpaired) electrons. The number of aryl methyl sites for hydroxylation is 1. The number of hydrogen-bond donors (Lipinski definition) is 2. The van der Waals surface area contributed by atoms with Crippen LogP contribution < -0.4 is 5.32 Å². The van der Waals surface area contributed by atoms with Gasteiger partial charge in [-0.1, -0.05) is 41.1 Å². The summed E-state index contributed by atoms with van der Waals surface area (Å²) in [5.41, 5.74) is 3.79. The van der Waals surface area contributed by atoms with Crippen molar-refractivity contribution in [1.82, 2.24) is 30.8 Å². The third kappa shape index (κ3) is 3.61. The highest BCUT2D eigenvalue weighted by molar-refractivity contribution is 5.74. The second-order valence-electron chi connectivity index (χ2n) is 5.92. The summed E-state index contributed by atoms with van der Waals surface area (Å²) in [6.45, 7) is 2.02. The van der Waals surface area contributed by atoms with Crippen LogP contribution in [0.2, 0.25) is 0 Å². The minimum absolute atomic E-state index is 0.214. The molecule has 0 spiro atoms. The zero-order valence-electron chi connectivity index (χ0n) is 14.8. The van der Waals surface area contributed by atoms with Crippen molar-refractivity contribution < 1.29 is 4.52 Å². The van der Waals surface area contributed by atoms with Crippen LogP contribution in [0.1, 0.15) is 11.4 Å². The minimum Gasteiger partial charge on any atom is -0.360 e. The lowest BCUT2D eigenvalue weighted by atomic mass is 10.1. The number of anilines is 1. The van der Waals surface area contributed by atoms with Crippen LogP contribution in [0, 0.1) is 18.3 Å². The van der Waals surface area contributed by atoms with E-state index in [1.54, 1.807) is 0 Å². The van der Waals surface area contributed by atoms with Crippen LogP contribution in [0.3, 0.4) is 0 Å². The van der Waals surface area contributed by atoms with Crippen LogP contribution in [0.15, 0.2) is 59.3 Å². The number of H-pyrrole nitrogens is 1. The first-order valence-corrected chi connectivity index (χ1v) is 8.35. The summed E-state index contributed by atoms with van der Waals surface area (Å²) in [6, 6.07) is 17.3. The molecule has 0 saturated heterocycles. The summed E-state index contributed by atoms with van der Waals surface area (Å²) in [7, 11) is 0. The molecule has 2 aromatic heterocycles. The second-order valence-corrected chi connectivity index (χ2v) is 5.92. The Hall–Kier alpha value is -4.32. The molecule has 0 aliphatic rings. The van der Waals surface area contributed by atoms with Gasteiger partial charge in [0.05, 0.1) is 0 Å². The van der Waals surface area contributed by atoms with E-state index in [9.17, 15) is 5.26 Å². The molecule has 4 aromatic rings. The van der Waals surface area contributed by atoms with E-state index in [0.29, 0.717) is 11.7 Å². The fraction of sp³-hybridized carbons (Fsp3) is 0.0526. The van der Waals surface area contributed by atoms with Crippen LogP contribution in [0.5, 0.6) is 0 Å². The van der Waals surface area contributed by atoms with Crippen molar-refractivity contribution in [3.8, 4) is 28.9 Å². The van der Waals surface area contributed by atoms with Crippen molar-refractivity contribution in [2.24, 2.45) is 0 Å². The van der Waals surface area contributed by atoms with E-state index in [0.717, 1.165) is 22.4 Å². The van der Waals surface area contributed by atoms with Gasteiger partial charge in [0.1, 0.15) is 11.6 Å². The lowest BCUT2D eigenvalue weighted by Crippen LogP contribution is -1.93. The average molecular weight is 370 g/mol. The van der Waals surface area contributed by atoms with E-state index < -0.39 is 0 Å². The summed E-state index contributed by atoms with van der Waals surface area (Å²) >= 11 is 0. The molecular formula is C19H14N8O. The molecule has 0 saturated carbocycles. The molecule has 0 bridgehead atoms. The van der Waals surface area contributed by atoms with E-state index in [1.807, 2.05) is 61.5 Å². The molecule has 9 nitrogen and oxygen atoms in total. The maximum absolute atomic E-state index is 9.22. The van der Waals surface area contributed by atoms with Crippen molar-refractivity contribution in [2.75, 3.05) is 5.32 Å². The number of aromatic nitrogens is 6. The minimum atomic E-state index is 0.214. The number of nitrogens with zero attached hydrogens (tertiary/aromatic N) is 6.